The lowest BCUT2D eigenvalue weighted by atomic mass is 10.1. The first-order valence-electron chi connectivity index (χ1n) is 9.14. The van der Waals surface area contributed by atoms with Gasteiger partial charge in [0.2, 0.25) is 0 Å². The standard InChI is InChI=1S/C22H19BrN2O4S/c1-3-29-22(28)17-13(2)18(20(27)24-16-7-5-4-6-8-16)30-21(17)25-19(26)14-9-11-15(23)12-10-14/h4-12H,3H2,1-2H3,(H,24,27)(H,25,26). The van der Waals surface area contributed by atoms with Gasteiger partial charge in [-0.1, -0.05) is 34.1 Å². The molecule has 1 aromatic heterocycles. The third-order valence-corrected chi connectivity index (χ3v) is 5.93. The first kappa shape index (κ1) is 21.7. The third-order valence-electron chi connectivity index (χ3n) is 4.20. The van der Waals surface area contributed by atoms with E-state index in [4.69, 9.17) is 4.74 Å². The number of thiophene rings is 1. The van der Waals surface area contributed by atoms with Crippen LogP contribution in [-0.2, 0) is 4.74 Å². The van der Waals surface area contributed by atoms with E-state index in [-0.39, 0.29) is 29.0 Å². The molecule has 2 N–H and O–H groups in total. The number of carbonyl (C=O) groups is 3. The van der Waals surface area contributed by atoms with Crippen molar-refractivity contribution in [1.29, 1.82) is 0 Å². The summed E-state index contributed by atoms with van der Waals surface area (Å²) in [6.45, 7) is 3.54. The van der Waals surface area contributed by atoms with Gasteiger partial charge in [0.25, 0.3) is 11.8 Å². The highest BCUT2D eigenvalue weighted by Crippen LogP contribution is 2.34. The van der Waals surface area contributed by atoms with Gasteiger partial charge in [-0.2, -0.15) is 0 Å². The molecular weight excluding hydrogens is 468 g/mol. The molecule has 0 aliphatic heterocycles. The molecule has 8 heteroatoms. The van der Waals surface area contributed by atoms with Gasteiger partial charge >= 0.3 is 5.97 Å². The molecule has 0 aliphatic rings. The normalized spacial score (nSPS) is 10.4. The number of para-hydroxylation sites is 1. The molecule has 0 fully saturated rings. The van der Waals surface area contributed by atoms with Gasteiger partial charge in [-0.3, -0.25) is 9.59 Å². The zero-order chi connectivity index (χ0) is 21.7. The van der Waals surface area contributed by atoms with Gasteiger partial charge in [0.1, 0.15) is 5.00 Å². The van der Waals surface area contributed by atoms with Crippen molar-refractivity contribution in [2.45, 2.75) is 13.8 Å². The average molecular weight is 487 g/mol. The molecule has 0 aliphatic carbocycles. The molecule has 0 saturated carbocycles. The maximum absolute atomic E-state index is 12.8. The highest BCUT2D eigenvalue weighted by molar-refractivity contribution is 9.10. The molecular formula is C22H19BrN2O4S. The van der Waals surface area contributed by atoms with Crippen LogP contribution in [0, 0.1) is 6.92 Å². The number of hydrogen-bond donors (Lipinski definition) is 2. The van der Waals surface area contributed by atoms with E-state index in [1.165, 1.54) is 0 Å². The van der Waals surface area contributed by atoms with Crippen LogP contribution in [0.25, 0.3) is 0 Å². The molecule has 1 heterocycles. The summed E-state index contributed by atoms with van der Waals surface area (Å²) in [7, 11) is 0. The molecule has 2 aromatic carbocycles. The first-order valence-corrected chi connectivity index (χ1v) is 10.8. The second-order valence-electron chi connectivity index (χ2n) is 6.26. The minimum absolute atomic E-state index is 0.180. The predicted octanol–water partition coefficient (Wildman–Crippen LogP) is 5.50. The number of benzene rings is 2. The Morgan fingerprint density at radius 1 is 0.967 bits per heavy atom. The fraction of sp³-hybridized carbons (Fsp3) is 0.136. The molecule has 3 aromatic rings. The van der Waals surface area contributed by atoms with Crippen molar-refractivity contribution >= 4 is 55.7 Å². The number of rotatable bonds is 6. The molecule has 0 saturated heterocycles. The zero-order valence-corrected chi connectivity index (χ0v) is 18.7. The van der Waals surface area contributed by atoms with Crippen molar-refractivity contribution in [2.24, 2.45) is 0 Å². The van der Waals surface area contributed by atoms with Crippen LogP contribution in [0.4, 0.5) is 10.7 Å². The maximum Gasteiger partial charge on any atom is 0.341 e. The van der Waals surface area contributed by atoms with E-state index in [0.29, 0.717) is 21.7 Å². The topological polar surface area (TPSA) is 84.5 Å². The lowest BCUT2D eigenvalue weighted by Gasteiger charge is -2.07. The van der Waals surface area contributed by atoms with E-state index in [1.54, 1.807) is 50.2 Å². The summed E-state index contributed by atoms with van der Waals surface area (Å²) in [5, 5.41) is 5.83. The van der Waals surface area contributed by atoms with Crippen molar-refractivity contribution in [3.63, 3.8) is 0 Å². The number of halogens is 1. The van der Waals surface area contributed by atoms with E-state index in [0.717, 1.165) is 15.8 Å². The van der Waals surface area contributed by atoms with Crippen molar-refractivity contribution in [1.82, 2.24) is 0 Å². The van der Waals surface area contributed by atoms with Gasteiger partial charge in [-0.05, 0) is 55.8 Å². The van der Waals surface area contributed by atoms with E-state index in [1.807, 2.05) is 18.2 Å². The average Bonchev–Trinajstić information content (AvgIpc) is 3.05. The van der Waals surface area contributed by atoms with Crippen LogP contribution in [0.5, 0.6) is 0 Å². The monoisotopic (exact) mass is 486 g/mol. The van der Waals surface area contributed by atoms with Crippen LogP contribution in [0.2, 0.25) is 0 Å². The summed E-state index contributed by atoms with van der Waals surface area (Å²) in [4.78, 5) is 38.3. The highest BCUT2D eigenvalue weighted by Gasteiger charge is 2.27. The molecule has 0 spiro atoms. The van der Waals surface area contributed by atoms with Crippen LogP contribution < -0.4 is 10.6 Å². The van der Waals surface area contributed by atoms with Crippen molar-refractivity contribution in [2.75, 3.05) is 17.2 Å². The molecule has 0 atom stereocenters. The number of hydrogen-bond acceptors (Lipinski definition) is 5. The number of amides is 2. The number of ether oxygens (including phenoxy) is 1. The summed E-state index contributed by atoms with van der Waals surface area (Å²) in [5.41, 5.74) is 1.70. The number of anilines is 2. The minimum Gasteiger partial charge on any atom is -0.462 e. The summed E-state index contributed by atoms with van der Waals surface area (Å²) in [6, 6.07) is 15.8. The quantitative estimate of drug-likeness (QED) is 0.450. The van der Waals surface area contributed by atoms with Gasteiger partial charge in [-0.15, -0.1) is 11.3 Å². The molecule has 30 heavy (non-hydrogen) atoms. The van der Waals surface area contributed by atoms with Crippen LogP contribution >= 0.6 is 27.3 Å². The van der Waals surface area contributed by atoms with E-state index in [9.17, 15) is 14.4 Å². The van der Waals surface area contributed by atoms with Gasteiger partial charge < -0.3 is 15.4 Å². The minimum atomic E-state index is -0.587. The summed E-state index contributed by atoms with van der Waals surface area (Å²) >= 11 is 4.37. The van der Waals surface area contributed by atoms with Crippen LogP contribution in [-0.4, -0.2) is 24.4 Å². The maximum atomic E-state index is 12.8. The van der Waals surface area contributed by atoms with Crippen LogP contribution in [0.15, 0.2) is 59.1 Å². The summed E-state index contributed by atoms with van der Waals surface area (Å²) in [5.74, 6) is -1.33. The van der Waals surface area contributed by atoms with Gasteiger partial charge in [0.05, 0.1) is 17.0 Å². The van der Waals surface area contributed by atoms with E-state index in [2.05, 4.69) is 26.6 Å². The lowest BCUT2D eigenvalue weighted by Crippen LogP contribution is -2.15. The predicted molar refractivity (Wildman–Crippen MR) is 122 cm³/mol. The van der Waals surface area contributed by atoms with Gasteiger partial charge in [-0.25, -0.2) is 4.79 Å². The second-order valence-corrected chi connectivity index (χ2v) is 8.20. The molecule has 2 amide bonds. The van der Waals surface area contributed by atoms with E-state index >= 15 is 0 Å². The molecule has 154 valence electrons. The Kier molecular flexibility index (Phi) is 7.02. The Hall–Kier alpha value is -2.97. The smallest absolute Gasteiger partial charge is 0.341 e. The fourth-order valence-corrected chi connectivity index (χ4v) is 4.10. The van der Waals surface area contributed by atoms with Crippen molar-refractivity contribution in [3.8, 4) is 0 Å². The van der Waals surface area contributed by atoms with Crippen LogP contribution in [0.1, 0.15) is 42.9 Å². The lowest BCUT2D eigenvalue weighted by molar-refractivity contribution is 0.0527. The molecule has 0 radical (unpaired) electrons. The highest BCUT2D eigenvalue weighted by atomic mass is 79.9. The first-order chi connectivity index (χ1) is 14.4. The number of esters is 1. The zero-order valence-electron chi connectivity index (χ0n) is 16.3. The van der Waals surface area contributed by atoms with Gasteiger partial charge in [0, 0.05) is 15.7 Å². The Morgan fingerprint density at radius 3 is 2.27 bits per heavy atom. The summed E-state index contributed by atoms with van der Waals surface area (Å²) in [6.07, 6.45) is 0. The third kappa shape index (κ3) is 4.95. The Labute approximate surface area is 186 Å². The fourth-order valence-electron chi connectivity index (χ4n) is 2.75. The number of carbonyl (C=O) groups excluding carboxylic acids is 3. The Balaban J connectivity index is 1.93. The molecule has 0 unspecified atom stereocenters. The Bertz CT molecular complexity index is 1080. The largest absolute Gasteiger partial charge is 0.462 e. The molecule has 0 bridgehead atoms. The summed E-state index contributed by atoms with van der Waals surface area (Å²) < 4.78 is 5.99. The second kappa shape index (κ2) is 9.69. The SMILES string of the molecule is CCOC(=O)c1c(NC(=O)c2ccc(Br)cc2)sc(C(=O)Nc2ccccc2)c1C. The van der Waals surface area contributed by atoms with Crippen molar-refractivity contribution in [3.05, 3.63) is 80.6 Å². The van der Waals surface area contributed by atoms with Crippen LogP contribution in [0.3, 0.4) is 0 Å². The Morgan fingerprint density at radius 2 is 1.63 bits per heavy atom. The van der Waals surface area contributed by atoms with Crippen molar-refractivity contribution < 1.29 is 19.1 Å². The number of nitrogens with one attached hydrogen (secondary N) is 2. The van der Waals surface area contributed by atoms with E-state index < -0.39 is 5.97 Å². The molecule has 6 nitrogen and oxygen atoms in total. The molecule has 3 rings (SSSR count). The van der Waals surface area contributed by atoms with Gasteiger partial charge in [0.15, 0.2) is 0 Å².